The van der Waals surface area contributed by atoms with Crippen LogP contribution in [0.25, 0.3) is 0 Å². The van der Waals surface area contributed by atoms with Crippen molar-refractivity contribution < 1.29 is 4.79 Å². The van der Waals surface area contributed by atoms with Crippen LogP contribution >= 0.6 is 0 Å². The molecule has 0 unspecified atom stereocenters. The van der Waals surface area contributed by atoms with E-state index >= 15 is 0 Å². The van der Waals surface area contributed by atoms with Crippen LogP contribution in [-0.4, -0.2) is 27.5 Å². The van der Waals surface area contributed by atoms with Gasteiger partial charge in [-0.05, 0) is 0 Å². The molecule has 0 atom stereocenters. The zero-order valence-electron chi connectivity index (χ0n) is 6.86. The number of hydrogen-bond acceptors (Lipinski definition) is 1. The number of carbonyl (C=O) groups is 1. The molecule has 0 rings (SSSR count). The Bertz CT molecular complexity index is 116. The third kappa shape index (κ3) is 2.33. The van der Waals surface area contributed by atoms with Gasteiger partial charge in [-0.1, -0.05) is 0 Å². The number of hydrogen-bond donors (Lipinski definition) is 0. The summed E-state index contributed by atoms with van der Waals surface area (Å²) < 4.78 is 4.61. The van der Waals surface area contributed by atoms with Crippen molar-refractivity contribution in [1.82, 2.24) is 0 Å². The molecule has 0 aromatic carbocycles. The summed E-state index contributed by atoms with van der Waals surface area (Å²) in [6.07, 6.45) is 0. The molecule has 0 aromatic rings. The van der Waals surface area contributed by atoms with Crippen molar-refractivity contribution in [3.05, 3.63) is 0 Å². The fourth-order valence-electron chi connectivity index (χ4n) is 0.315. The predicted molar refractivity (Wildman–Crippen MR) is 42.2 cm³/mol. The molecule has 9 heavy (non-hydrogen) atoms. The van der Waals surface area contributed by atoms with Crippen molar-refractivity contribution in [3.63, 3.8) is 0 Å². The van der Waals surface area contributed by atoms with Crippen LogP contribution in [0.4, 0.5) is 0 Å². The molecule has 0 aromatic heterocycles. The zero-order valence-corrected chi connectivity index (χ0v) is 10.3. The van der Waals surface area contributed by atoms with Crippen LogP contribution in [-0.2, 0) is 4.79 Å². The standard InChI is InChI=1S/C5H9O.2CH3.Bi/c1-4(2)5(3)6;;;/h1-3H3;2*1H3;. The van der Waals surface area contributed by atoms with Gasteiger partial charge in [0, 0.05) is 0 Å². The van der Waals surface area contributed by atoms with Crippen LogP contribution < -0.4 is 0 Å². The zero-order chi connectivity index (χ0) is 7.65. The topological polar surface area (TPSA) is 17.1 Å². The normalized spacial score (nSPS) is 12.2. The first kappa shape index (κ1) is 9.55. The summed E-state index contributed by atoms with van der Waals surface area (Å²) in [7, 11) is 0. The van der Waals surface area contributed by atoms with Gasteiger partial charge in [0.1, 0.15) is 0 Å². The average molecular weight is 324 g/mol. The van der Waals surface area contributed by atoms with Crippen molar-refractivity contribution in [1.29, 1.82) is 0 Å². The summed E-state index contributed by atoms with van der Waals surface area (Å²) in [5.74, 6) is 0.366. The van der Waals surface area contributed by atoms with Crippen LogP contribution in [0.15, 0.2) is 0 Å². The second kappa shape index (κ2) is 3.10. The summed E-state index contributed by atoms with van der Waals surface area (Å²) in [4.78, 5) is 11.0. The molecule has 0 radical (unpaired) electrons. The molecule has 0 aliphatic carbocycles. The van der Waals surface area contributed by atoms with E-state index in [1.807, 2.05) is 0 Å². The Morgan fingerprint density at radius 2 is 1.67 bits per heavy atom. The summed E-state index contributed by atoms with van der Waals surface area (Å²) >= 11 is -1.36. The van der Waals surface area contributed by atoms with Gasteiger partial charge in [-0.25, -0.2) is 0 Å². The van der Waals surface area contributed by atoms with Crippen molar-refractivity contribution in [2.24, 2.45) is 0 Å². The fourth-order valence-corrected chi connectivity index (χ4v) is 2.76. The third-order valence-electron chi connectivity index (χ3n) is 1.98. The Labute approximate surface area is 65.5 Å². The van der Waals surface area contributed by atoms with E-state index in [0.29, 0.717) is 5.78 Å². The van der Waals surface area contributed by atoms with Gasteiger partial charge in [-0.2, -0.15) is 0 Å². The van der Waals surface area contributed by atoms with Crippen LogP contribution in [0.2, 0.25) is 12.4 Å². The predicted octanol–water partition coefficient (Wildman–Crippen LogP) is 2.11. The van der Waals surface area contributed by atoms with Gasteiger partial charge in [0.05, 0.1) is 0 Å². The Kier molecular flexibility index (Phi) is 3.29. The van der Waals surface area contributed by atoms with Gasteiger partial charge >= 0.3 is 65.5 Å². The molecule has 0 fully saturated rings. The van der Waals surface area contributed by atoms with Crippen molar-refractivity contribution in [2.75, 3.05) is 0 Å². The van der Waals surface area contributed by atoms with Gasteiger partial charge in [0.25, 0.3) is 0 Å². The Morgan fingerprint density at radius 1 is 1.33 bits per heavy atom. The van der Waals surface area contributed by atoms with Crippen molar-refractivity contribution in [3.8, 4) is 0 Å². The SMILES string of the molecule is CC(=O)[C](C)(C)[Bi]([CH3])[CH3]. The van der Waals surface area contributed by atoms with E-state index in [1.165, 1.54) is 0 Å². The molecule has 0 amide bonds. The Balaban J connectivity index is 4.19. The molecular formula is C7H15BiO. The van der Waals surface area contributed by atoms with Crippen molar-refractivity contribution >= 4 is 27.5 Å². The molecule has 0 saturated heterocycles. The third-order valence-corrected chi connectivity index (χ3v) is 11.9. The van der Waals surface area contributed by atoms with Crippen LogP contribution in [0.5, 0.6) is 0 Å². The second-order valence-corrected chi connectivity index (χ2v) is 14.3. The van der Waals surface area contributed by atoms with E-state index < -0.39 is 21.8 Å². The summed E-state index contributed by atoms with van der Waals surface area (Å²) in [5.41, 5.74) is 0. The van der Waals surface area contributed by atoms with Crippen LogP contribution in [0.3, 0.4) is 0 Å². The van der Waals surface area contributed by atoms with Crippen LogP contribution in [0, 0.1) is 0 Å². The fraction of sp³-hybridized carbons (Fsp3) is 0.857. The second-order valence-electron chi connectivity index (χ2n) is 3.01. The van der Waals surface area contributed by atoms with Gasteiger partial charge in [0.2, 0.25) is 0 Å². The van der Waals surface area contributed by atoms with E-state index in [4.69, 9.17) is 0 Å². The number of rotatable bonds is 2. The summed E-state index contributed by atoms with van der Waals surface area (Å²) in [6, 6.07) is 0. The Hall–Kier alpha value is 0.553. The maximum atomic E-state index is 11.0. The first-order valence-corrected chi connectivity index (χ1v) is 11.8. The van der Waals surface area contributed by atoms with Gasteiger partial charge < -0.3 is 0 Å². The number of carbonyl (C=O) groups excluding carboxylic acids is 1. The molecule has 2 heteroatoms. The van der Waals surface area contributed by atoms with Gasteiger partial charge in [-0.3, -0.25) is 0 Å². The number of Topliss-reactive ketones (excluding diaryl/α,β-unsaturated/α-hetero) is 1. The molecule has 0 N–H and O–H groups in total. The van der Waals surface area contributed by atoms with E-state index in [1.54, 1.807) is 6.92 Å². The molecule has 0 aliphatic heterocycles. The summed E-state index contributed by atoms with van der Waals surface area (Å²) in [6.45, 7) is 5.86. The molecule has 0 saturated carbocycles. The first-order chi connectivity index (χ1) is 3.89. The first-order valence-electron chi connectivity index (χ1n) is 3.07. The molecule has 0 spiro atoms. The molecular weight excluding hydrogens is 309 g/mol. The van der Waals surface area contributed by atoms with E-state index in [0.717, 1.165) is 0 Å². The van der Waals surface area contributed by atoms with E-state index in [9.17, 15) is 4.79 Å². The molecule has 0 heterocycles. The van der Waals surface area contributed by atoms with E-state index in [2.05, 4.69) is 23.1 Å². The maximum absolute atomic E-state index is 11.0. The minimum absolute atomic E-state index is 0.0648. The van der Waals surface area contributed by atoms with Crippen LogP contribution in [0.1, 0.15) is 20.8 Å². The Morgan fingerprint density at radius 3 is 1.67 bits per heavy atom. The summed E-state index contributed by atoms with van der Waals surface area (Å²) in [5, 5.41) is 0. The van der Waals surface area contributed by atoms with Crippen molar-refractivity contribution in [2.45, 2.75) is 33.2 Å². The molecule has 0 aliphatic rings. The quantitative estimate of drug-likeness (QED) is 0.711. The molecule has 0 bridgehead atoms. The van der Waals surface area contributed by atoms with Gasteiger partial charge in [0.15, 0.2) is 0 Å². The van der Waals surface area contributed by atoms with Gasteiger partial charge in [-0.15, -0.1) is 0 Å². The average Bonchev–Trinajstić information content (AvgIpc) is 1.65. The van der Waals surface area contributed by atoms with E-state index in [-0.39, 0.29) is 3.12 Å². The monoisotopic (exact) mass is 324 g/mol. The minimum atomic E-state index is -1.36. The number of ketones is 1. The molecule has 1 nitrogen and oxygen atoms in total. The molecule has 54 valence electrons.